The van der Waals surface area contributed by atoms with Crippen molar-refractivity contribution in [3.63, 3.8) is 0 Å². The predicted molar refractivity (Wildman–Crippen MR) is 87.4 cm³/mol. The molecular weight excluding hydrogens is 262 g/mol. The van der Waals surface area contributed by atoms with Crippen LogP contribution in [-0.2, 0) is 4.79 Å². The third kappa shape index (κ3) is 5.59. The number of amides is 1. The maximum absolute atomic E-state index is 12.6. The normalized spacial score (nSPS) is 24.4. The molecule has 3 atom stereocenters. The Bertz CT molecular complexity index is 294. The first-order chi connectivity index (χ1) is 10.0. The lowest BCUT2D eigenvalue weighted by atomic mass is 9.96. The Morgan fingerprint density at radius 1 is 1.24 bits per heavy atom. The van der Waals surface area contributed by atoms with E-state index in [0.29, 0.717) is 18.0 Å². The van der Waals surface area contributed by atoms with Crippen molar-refractivity contribution in [3.05, 3.63) is 0 Å². The Kier molecular flexibility index (Phi) is 8.27. The molecule has 1 amide bonds. The molecule has 21 heavy (non-hydrogen) atoms. The third-order valence-corrected chi connectivity index (χ3v) is 5.09. The summed E-state index contributed by atoms with van der Waals surface area (Å²) in [6.07, 6.45) is 4.78. The van der Waals surface area contributed by atoms with Crippen molar-refractivity contribution in [2.45, 2.75) is 78.4 Å². The molecule has 0 aromatic carbocycles. The van der Waals surface area contributed by atoms with E-state index in [0.717, 1.165) is 19.4 Å². The largest absolute Gasteiger partial charge is 0.336 e. The van der Waals surface area contributed by atoms with Gasteiger partial charge in [-0.25, -0.2) is 0 Å². The highest BCUT2D eigenvalue weighted by Gasteiger charge is 2.32. The second kappa shape index (κ2) is 9.42. The summed E-state index contributed by atoms with van der Waals surface area (Å²) in [5, 5.41) is 2.24. The van der Waals surface area contributed by atoms with E-state index in [1.165, 1.54) is 32.5 Å². The molecule has 1 aliphatic rings. The number of carbonyl (C=O) groups excluding carboxylic acids is 1. The van der Waals surface area contributed by atoms with Crippen LogP contribution in [0.3, 0.4) is 0 Å². The lowest BCUT2D eigenvalue weighted by Crippen LogP contribution is -3.11. The average molecular weight is 300 g/mol. The van der Waals surface area contributed by atoms with Crippen LogP contribution in [0.4, 0.5) is 0 Å². The van der Waals surface area contributed by atoms with Gasteiger partial charge >= 0.3 is 0 Å². The van der Waals surface area contributed by atoms with Crippen molar-refractivity contribution in [2.75, 3.05) is 26.2 Å². The molecule has 1 rings (SSSR count). The van der Waals surface area contributed by atoms with Crippen LogP contribution < -0.4 is 10.2 Å². The van der Waals surface area contributed by atoms with Crippen molar-refractivity contribution in [3.8, 4) is 0 Å². The van der Waals surface area contributed by atoms with Crippen LogP contribution >= 0.6 is 0 Å². The number of nitrogens with two attached hydrogens (primary N) is 1. The SMILES string of the molecule is CC[NH+](CC)CCC[NH2+][C@H](C)C(=O)N1[C@@H](C)CCC[C@@H]1C. The van der Waals surface area contributed by atoms with Gasteiger partial charge in [0, 0.05) is 18.5 Å². The first-order valence-corrected chi connectivity index (χ1v) is 9.00. The number of quaternary nitrogens is 2. The number of piperidine rings is 1. The number of nitrogens with one attached hydrogen (secondary N) is 1. The van der Waals surface area contributed by atoms with E-state index in [4.69, 9.17) is 0 Å². The van der Waals surface area contributed by atoms with Gasteiger partial charge in [0.1, 0.15) is 0 Å². The van der Waals surface area contributed by atoms with E-state index < -0.39 is 0 Å². The fourth-order valence-corrected chi connectivity index (χ4v) is 3.52. The predicted octanol–water partition coefficient (Wildman–Crippen LogP) is 0.0426. The van der Waals surface area contributed by atoms with Gasteiger partial charge in [0.2, 0.25) is 0 Å². The Labute approximate surface area is 131 Å². The van der Waals surface area contributed by atoms with Gasteiger partial charge in [-0.2, -0.15) is 0 Å². The Balaban J connectivity index is 2.33. The molecule has 0 aromatic rings. The molecule has 1 aliphatic heterocycles. The van der Waals surface area contributed by atoms with Gasteiger partial charge in [-0.15, -0.1) is 0 Å². The summed E-state index contributed by atoms with van der Waals surface area (Å²) in [7, 11) is 0. The standard InChI is InChI=1S/C17H35N3O/c1-6-19(7-2)13-9-12-18-16(5)17(21)20-14(3)10-8-11-15(20)4/h14-16,18H,6-13H2,1-5H3/p+2/t14-,15-,16+/m0/s1. The van der Waals surface area contributed by atoms with Gasteiger partial charge in [0.15, 0.2) is 6.04 Å². The maximum Gasteiger partial charge on any atom is 0.280 e. The van der Waals surface area contributed by atoms with Crippen LogP contribution in [0.15, 0.2) is 0 Å². The maximum atomic E-state index is 12.6. The lowest BCUT2D eigenvalue weighted by Gasteiger charge is -2.39. The summed E-state index contributed by atoms with van der Waals surface area (Å²) in [6.45, 7) is 15.6. The molecule has 1 fully saturated rings. The molecule has 0 radical (unpaired) electrons. The van der Waals surface area contributed by atoms with E-state index in [1.807, 2.05) is 0 Å². The van der Waals surface area contributed by atoms with E-state index >= 15 is 0 Å². The van der Waals surface area contributed by atoms with Crippen LogP contribution in [0.5, 0.6) is 0 Å². The zero-order valence-corrected chi connectivity index (χ0v) is 14.8. The lowest BCUT2D eigenvalue weighted by molar-refractivity contribution is -0.898. The molecule has 0 saturated carbocycles. The zero-order chi connectivity index (χ0) is 15.8. The fraction of sp³-hybridized carbons (Fsp3) is 0.941. The van der Waals surface area contributed by atoms with Crippen molar-refractivity contribution in [1.82, 2.24) is 4.90 Å². The molecule has 4 nitrogen and oxygen atoms in total. The van der Waals surface area contributed by atoms with Crippen molar-refractivity contribution < 1.29 is 15.0 Å². The monoisotopic (exact) mass is 299 g/mol. The molecule has 1 heterocycles. The smallest absolute Gasteiger partial charge is 0.280 e. The summed E-state index contributed by atoms with van der Waals surface area (Å²) in [6, 6.07) is 0.897. The molecule has 1 saturated heterocycles. The summed E-state index contributed by atoms with van der Waals surface area (Å²) < 4.78 is 0. The summed E-state index contributed by atoms with van der Waals surface area (Å²) >= 11 is 0. The van der Waals surface area contributed by atoms with E-state index in [1.54, 1.807) is 4.90 Å². The first-order valence-electron chi connectivity index (χ1n) is 9.00. The number of rotatable bonds is 8. The molecule has 0 bridgehead atoms. The average Bonchev–Trinajstić information content (AvgIpc) is 2.46. The Morgan fingerprint density at radius 3 is 2.33 bits per heavy atom. The summed E-state index contributed by atoms with van der Waals surface area (Å²) in [5.74, 6) is 0.338. The summed E-state index contributed by atoms with van der Waals surface area (Å²) in [5.41, 5.74) is 0. The van der Waals surface area contributed by atoms with Crippen LogP contribution in [0, 0.1) is 0 Å². The molecule has 0 aromatic heterocycles. The van der Waals surface area contributed by atoms with Crippen LogP contribution in [0.2, 0.25) is 0 Å². The van der Waals surface area contributed by atoms with Crippen LogP contribution in [0.25, 0.3) is 0 Å². The molecule has 0 spiro atoms. The van der Waals surface area contributed by atoms with Crippen molar-refractivity contribution in [1.29, 1.82) is 0 Å². The van der Waals surface area contributed by atoms with Gasteiger partial charge in [-0.05, 0) is 53.9 Å². The molecule has 3 N–H and O–H groups in total. The quantitative estimate of drug-likeness (QED) is 0.611. The van der Waals surface area contributed by atoms with E-state index in [9.17, 15) is 4.79 Å². The van der Waals surface area contributed by atoms with Crippen LogP contribution in [-0.4, -0.2) is 55.1 Å². The highest BCUT2D eigenvalue weighted by molar-refractivity contribution is 5.80. The van der Waals surface area contributed by atoms with Crippen molar-refractivity contribution >= 4 is 5.91 Å². The van der Waals surface area contributed by atoms with Gasteiger partial charge in [0.25, 0.3) is 5.91 Å². The Hall–Kier alpha value is -0.610. The number of hydrogen-bond acceptors (Lipinski definition) is 1. The van der Waals surface area contributed by atoms with Gasteiger partial charge < -0.3 is 15.1 Å². The number of carbonyl (C=O) groups is 1. The molecule has 0 aliphatic carbocycles. The second-order valence-electron chi connectivity index (χ2n) is 6.75. The van der Waals surface area contributed by atoms with Crippen LogP contribution in [0.1, 0.15) is 60.3 Å². The molecule has 124 valence electrons. The van der Waals surface area contributed by atoms with Gasteiger partial charge in [-0.3, -0.25) is 4.79 Å². The van der Waals surface area contributed by atoms with E-state index in [-0.39, 0.29) is 6.04 Å². The molecular formula is C17H37N3O+2. The third-order valence-electron chi connectivity index (χ3n) is 5.09. The highest BCUT2D eigenvalue weighted by atomic mass is 16.2. The van der Waals surface area contributed by atoms with E-state index in [2.05, 4.69) is 44.8 Å². The minimum atomic E-state index is 0.0692. The van der Waals surface area contributed by atoms with Gasteiger partial charge in [0.05, 0.1) is 26.2 Å². The topological polar surface area (TPSA) is 41.4 Å². The highest BCUT2D eigenvalue weighted by Crippen LogP contribution is 2.22. The zero-order valence-electron chi connectivity index (χ0n) is 14.8. The fourth-order valence-electron chi connectivity index (χ4n) is 3.52. The summed E-state index contributed by atoms with van der Waals surface area (Å²) in [4.78, 5) is 16.4. The van der Waals surface area contributed by atoms with Crippen molar-refractivity contribution in [2.24, 2.45) is 0 Å². The first kappa shape index (κ1) is 18.4. The van der Waals surface area contributed by atoms with Gasteiger partial charge in [-0.1, -0.05) is 0 Å². The minimum Gasteiger partial charge on any atom is -0.336 e. The number of nitrogens with zero attached hydrogens (tertiary/aromatic N) is 1. The Morgan fingerprint density at radius 2 is 1.81 bits per heavy atom. The molecule has 0 unspecified atom stereocenters. The molecule has 4 heteroatoms. The minimum absolute atomic E-state index is 0.0692. The number of hydrogen-bond donors (Lipinski definition) is 2. The second-order valence-corrected chi connectivity index (χ2v) is 6.75. The number of likely N-dealkylation sites (tertiary alicyclic amines) is 1.